The summed E-state index contributed by atoms with van der Waals surface area (Å²) >= 11 is 0. The van der Waals surface area contributed by atoms with Crippen molar-refractivity contribution in [3.05, 3.63) is 59.7 Å². The second-order valence-electron chi connectivity index (χ2n) is 5.17. The van der Waals surface area contributed by atoms with Crippen LogP contribution in [0.15, 0.2) is 54.1 Å². The fraction of sp³-hybridized carbons (Fsp3) is 0.158. The van der Waals surface area contributed by atoms with Crippen molar-refractivity contribution in [2.24, 2.45) is 0 Å². The quantitative estimate of drug-likeness (QED) is 0.594. The van der Waals surface area contributed by atoms with Crippen LogP contribution in [-0.2, 0) is 4.79 Å². The number of carbonyl (C=O) groups excluding carboxylic acids is 1. The van der Waals surface area contributed by atoms with Crippen molar-refractivity contribution in [2.75, 3.05) is 11.9 Å². The van der Waals surface area contributed by atoms with Gasteiger partial charge in [0.05, 0.1) is 12.3 Å². The minimum Gasteiger partial charge on any atom is -0.492 e. The van der Waals surface area contributed by atoms with Crippen LogP contribution in [0.4, 0.5) is 18.9 Å². The molecule has 0 heterocycles. The van der Waals surface area contributed by atoms with Crippen LogP contribution in [0.5, 0.6) is 11.5 Å². The Morgan fingerprint density at radius 3 is 2.44 bits per heavy atom. The van der Waals surface area contributed by atoms with E-state index >= 15 is 0 Å². The fourth-order valence-electron chi connectivity index (χ4n) is 2.12. The summed E-state index contributed by atoms with van der Waals surface area (Å²) in [6, 6.07) is 13.3. The number of carbonyl (C=O) groups is 1. The van der Waals surface area contributed by atoms with Crippen LogP contribution in [0, 0.1) is 11.3 Å². The standard InChI is InChI=1S/C19H15F3N2O3/c1-2-26-17-6-4-3-5-16(17)24-18(25)14(12-23)11-13-7-9-15(10-8-13)27-19(20,21)22/h3-11H,2H2,1H3,(H,24,25)/b14-11+. The van der Waals surface area contributed by atoms with Crippen molar-refractivity contribution in [3.8, 4) is 17.6 Å². The Kier molecular flexibility index (Phi) is 6.44. The number of anilines is 1. The Balaban J connectivity index is 2.16. The van der Waals surface area contributed by atoms with Gasteiger partial charge in [0, 0.05) is 0 Å². The zero-order chi connectivity index (χ0) is 19.9. The molecule has 0 radical (unpaired) electrons. The molecule has 0 unspecified atom stereocenters. The molecular weight excluding hydrogens is 361 g/mol. The number of hydrogen-bond donors (Lipinski definition) is 1. The number of amides is 1. The van der Waals surface area contributed by atoms with E-state index in [1.807, 2.05) is 0 Å². The highest BCUT2D eigenvalue weighted by Gasteiger charge is 2.30. The summed E-state index contributed by atoms with van der Waals surface area (Å²) in [4.78, 5) is 12.3. The first-order valence-corrected chi connectivity index (χ1v) is 7.83. The molecule has 0 saturated heterocycles. The number of nitriles is 1. The Bertz CT molecular complexity index is 869. The Morgan fingerprint density at radius 1 is 1.19 bits per heavy atom. The molecule has 1 amide bonds. The zero-order valence-electron chi connectivity index (χ0n) is 14.2. The van der Waals surface area contributed by atoms with E-state index in [-0.39, 0.29) is 5.57 Å². The van der Waals surface area contributed by atoms with Gasteiger partial charge in [-0.25, -0.2) is 0 Å². The van der Waals surface area contributed by atoms with Gasteiger partial charge in [-0.2, -0.15) is 5.26 Å². The van der Waals surface area contributed by atoms with Crippen molar-refractivity contribution in [3.63, 3.8) is 0 Å². The van der Waals surface area contributed by atoms with Crippen LogP contribution in [0.25, 0.3) is 6.08 Å². The molecule has 0 aliphatic rings. The number of para-hydroxylation sites is 2. The van der Waals surface area contributed by atoms with Crippen molar-refractivity contribution in [1.29, 1.82) is 5.26 Å². The number of rotatable bonds is 6. The van der Waals surface area contributed by atoms with Crippen LogP contribution in [0.1, 0.15) is 12.5 Å². The summed E-state index contributed by atoms with van der Waals surface area (Å²) in [7, 11) is 0. The van der Waals surface area contributed by atoms with Gasteiger partial charge >= 0.3 is 6.36 Å². The van der Waals surface area contributed by atoms with Crippen molar-refractivity contribution >= 4 is 17.7 Å². The van der Waals surface area contributed by atoms with E-state index in [1.165, 1.54) is 18.2 Å². The predicted octanol–water partition coefficient (Wildman–Crippen LogP) is 4.53. The van der Waals surface area contributed by atoms with E-state index in [0.29, 0.717) is 23.6 Å². The number of nitrogens with zero attached hydrogens (tertiary/aromatic N) is 1. The predicted molar refractivity (Wildman–Crippen MR) is 93.0 cm³/mol. The first kappa shape index (κ1) is 19.8. The van der Waals surface area contributed by atoms with Gasteiger partial charge in [0.15, 0.2) is 0 Å². The fourth-order valence-corrected chi connectivity index (χ4v) is 2.12. The SMILES string of the molecule is CCOc1ccccc1NC(=O)/C(C#N)=C/c1ccc(OC(F)(F)F)cc1. The van der Waals surface area contributed by atoms with Gasteiger partial charge < -0.3 is 14.8 Å². The summed E-state index contributed by atoms with van der Waals surface area (Å²) in [5.74, 6) is -0.604. The third-order valence-electron chi connectivity index (χ3n) is 3.22. The second-order valence-corrected chi connectivity index (χ2v) is 5.17. The summed E-state index contributed by atoms with van der Waals surface area (Å²) < 4.78 is 45.7. The Hall–Kier alpha value is -3.47. The number of ether oxygens (including phenoxy) is 2. The highest BCUT2D eigenvalue weighted by atomic mass is 19.4. The highest BCUT2D eigenvalue weighted by Crippen LogP contribution is 2.25. The summed E-state index contributed by atoms with van der Waals surface area (Å²) in [5, 5.41) is 11.8. The van der Waals surface area contributed by atoms with Crippen LogP contribution in [0.2, 0.25) is 0 Å². The molecule has 0 aliphatic heterocycles. The average Bonchev–Trinajstić information content (AvgIpc) is 2.61. The van der Waals surface area contributed by atoms with Crippen LogP contribution in [0.3, 0.4) is 0 Å². The molecule has 27 heavy (non-hydrogen) atoms. The summed E-state index contributed by atoms with van der Waals surface area (Å²) in [6.07, 6.45) is -3.53. The largest absolute Gasteiger partial charge is 0.573 e. The van der Waals surface area contributed by atoms with Gasteiger partial charge in [-0.1, -0.05) is 24.3 Å². The summed E-state index contributed by atoms with van der Waals surface area (Å²) in [6.45, 7) is 2.20. The van der Waals surface area contributed by atoms with Gasteiger partial charge in [0.1, 0.15) is 23.1 Å². The molecular formula is C19H15F3N2O3. The lowest BCUT2D eigenvalue weighted by molar-refractivity contribution is -0.274. The van der Waals surface area contributed by atoms with E-state index in [2.05, 4.69) is 10.1 Å². The zero-order valence-corrected chi connectivity index (χ0v) is 14.2. The number of benzene rings is 2. The third kappa shape index (κ3) is 6.08. The maximum absolute atomic E-state index is 12.3. The molecule has 0 fully saturated rings. The maximum Gasteiger partial charge on any atom is 0.573 e. The number of alkyl halides is 3. The van der Waals surface area contributed by atoms with Crippen LogP contribution >= 0.6 is 0 Å². The molecule has 2 aromatic rings. The van der Waals surface area contributed by atoms with Crippen LogP contribution in [-0.4, -0.2) is 18.9 Å². The second kappa shape index (κ2) is 8.76. The highest BCUT2D eigenvalue weighted by molar-refractivity contribution is 6.10. The van der Waals surface area contributed by atoms with Gasteiger partial charge in [-0.05, 0) is 42.8 Å². The van der Waals surface area contributed by atoms with Crippen LogP contribution < -0.4 is 14.8 Å². The molecule has 1 N–H and O–H groups in total. The molecule has 5 nitrogen and oxygen atoms in total. The van der Waals surface area contributed by atoms with Gasteiger partial charge in [-0.15, -0.1) is 13.2 Å². The topological polar surface area (TPSA) is 71.3 Å². The number of halogens is 3. The minimum absolute atomic E-state index is 0.217. The number of hydrogen-bond acceptors (Lipinski definition) is 4. The summed E-state index contributed by atoms with van der Waals surface area (Å²) in [5.41, 5.74) is 0.555. The third-order valence-corrected chi connectivity index (χ3v) is 3.22. The lowest BCUT2D eigenvalue weighted by Crippen LogP contribution is -2.17. The lowest BCUT2D eigenvalue weighted by atomic mass is 10.1. The Morgan fingerprint density at radius 2 is 1.85 bits per heavy atom. The lowest BCUT2D eigenvalue weighted by Gasteiger charge is -2.11. The average molecular weight is 376 g/mol. The number of nitrogens with one attached hydrogen (secondary N) is 1. The molecule has 2 aromatic carbocycles. The molecule has 0 spiro atoms. The van der Waals surface area contributed by atoms with Gasteiger partial charge in [0.25, 0.3) is 5.91 Å². The molecule has 0 saturated carbocycles. The van der Waals surface area contributed by atoms with E-state index < -0.39 is 18.0 Å². The maximum atomic E-state index is 12.3. The van der Waals surface area contributed by atoms with Crippen molar-refractivity contribution in [1.82, 2.24) is 0 Å². The van der Waals surface area contributed by atoms with E-state index in [0.717, 1.165) is 12.1 Å². The van der Waals surface area contributed by atoms with Crippen molar-refractivity contribution < 1.29 is 27.4 Å². The monoisotopic (exact) mass is 376 g/mol. The normalized spacial score (nSPS) is 11.4. The molecule has 0 aliphatic carbocycles. The molecule has 2 rings (SSSR count). The minimum atomic E-state index is -4.79. The molecule has 0 atom stereocenters. The van der Waals surface area contributed by atoms with E-state index in [9.17, 15) is 23.2 Å². The molecule has 0 bridgehead atoms. The van der Waals surface area contributed by atoms with Gasteiger partial charge in [0.2, 0.25) is 0 Å². The molecule has 8 heteroatoms. The Labute approximate surface area is 153 Å². The van der Waals surface area contributed by atoms with Crippen molar-refractivity contribution in [2.45, 2.75) is 13.3 Å². The first-order chi connectivity index (χ1) is 12.8. The smallest absolute Gasteiger partial charge is 0.492 e. The van der Waals surface area contributed by atoms with Gasteiger partial charge in [-0.3, -0.25) is 4.79 Å². The molecule has 140 valence electrons. The molecule has 0 aromatic heterocycles. The van der Waals surface area contributed by atoms with E-state index in [4.69, 9.17) is 4.74 Å². The first-order valence-electron chi connectivity index (χ1n) is 7.83. The van der Waals surface area contributed by atoms with E-state index in [1.54, 1.807) is 37.3 Å².